The standard InChI is InChI=1S/C15H25N3O2/c1-5-18(11(2)3)13-8-6-12(7-9-13)17-15(19)14(10-16)20-4/h6-9,11,14H,5,10,16H2,1-4H3,(H,17,19). The zero-order valence-corrected chi connectivity index (χ0v) is 12.7. The Bertz CT molecular complexity index is 414. The second kappa shape index (κ2) is 7.87. The summed E-state index contributed by atoms with van der Waals surface area (Å²) in [6.07, 6.45) is -0.613. The summed E-state index contributed by atoms with van der Waals surface area (Å²) in [5.41, 5.74) is 7.35. The fourth-order valence-corrected chi connectivity index (χ4v) is 2.12. The van der Waals surface area contributed by atoms with Crippen LogP contribution >= 0.6 is 0 Å². The number of nitrogens with one attached hydrogen (secondary N) is 1. The van der Waals surface area contributed by atoms with Crippen molar-refractivity contribution < 1.29 is 9.53 Å². The molecule has 1 atom stereocenters. The van der Waals surface area contributed by atoms with Crippen LogP contribution in [0.2, 0.25) is 0 Å². The van der Waals surface area contributed by atoms with Gasteiger partial charge in [-0.15, -0.1) is 0 Å². The molecule has 0 aliphatic rings. The van der Waals surface area contributed by atoms with Gasteiger partial charge in [-0.25, -0.2) is 0 Å². The van der Waals surface area contributed by atoms with Gasteiger partial charge in [-0.3, -0.25) is 4.79 Å². The van der Waals surface area contributed by atoms with E-state index in [0.717, 1.165) is 17.9 Å². The van der Waals surface area contributed by atoms with Crippen molar-refractivity contribution in [3.63, 3.8) is 0 Å². The number of carbonyl (C=O) groups excluding carboxylic acids is 1. The molecule has 1 rings (SSSR count). The Morgan fingerprint density at radius 3 is 2.35 bits per heavy atom. The molecule has 1 aromatic carbocycles. The van der Waals surface area contributed by atoms with Crippen LogP contribution in [-0.2, 0) is 9.53 Å². The number of amides is 1. The smallest absolute Gasteiger partial charge is 0.254 e. The summed E-state index contributed by atoms with van der Waals surface area (Å²) in [5.74, 6) is -0.223. The lowest BCUT2D eigenvalue weighted by Gasteiger charge is -2.27. The summed E-state index contributed by atoms with van der Waals surface area (Å²) in [7, 11) is 1.47. The number of hydrogen-bond donors (Lipinski definition) is 2. The van der Waals surface area contributed by atoms with Gasteiger partial charge in [-0.1, -0.05) is 0 Å². The minimum absolute atomic E-state index is 0.164. The SMILES string of the molecule is CCN(c1ccc(NC(=O)C(CN)OC)cc1)C(C)C. The number of nitrogens with zero attached hydrogens (tertiary/aromatic N) is 1. The van der Waals surface area contributed by atoms with Crippen molar-refractivity contribution in [2.45, 2.75) is 32.9 Å². The summed E-state index contributed by atoms with van der Waals surface area (Å²) in [6, 6.07) is 8.23. The summed E-state index contributed by atoms with van der Waals surface area (Å²) < 4.78 is 5.00. The number of anilines is 2. The molecule has 1 unspecified atom stereocenters. The normalized spacial score (nSPS) is 12.3. The van der Waals surface area contributed by atoms with Gasteiger partial charge in [0.2, 0.25) is 0 Å². The third-order valence-electron chi connectivity index (χ3n) is 3.22. The molecular weight excluding hydrogens is 254 g/mol. The van der Waals surface area contributed by atoms with E-state index < -0.39 is 6.10 Å². The van der Waals surface area contributed by atoms with Crippen LogP contribution in [0.15, 0.2) is 24.3 Å². The number of ether oxygens (including phenoxy) is 1. The van der Waals surface area contributed by atoms with Gasteiger partial charge in [0.1, 0.15) is 6.10 Å². The van der Waals surface area contributed by atoms with E-state index in [0.29, 0.717) is 6.04 Å². The zero-order chi connectivity index (χ0) is 15.1. The van der Waals surface area contributed by atoms with Crippen LogP contribution in [0, 0.1) is 0 Å². The van der Waals surface area contributed by atoms with E-state index in [-0.39, 0.29) is 12.5 Å². The number of rotatable bonds is 7. The maximum Gasteiger partial charge on any atom is 0.254 e. The average Bonchev–Trinajstić information content (AvgIpc) is 2.42. The van der Waals surface area contributed by atoms with Crippen LogP contribution in [0.5, 0.6) is 0 Å². The molecule has 0 aromatic heterocycles. The van der Waals surface area contributed by atoms with E-state index in [1.54, 1.807) is 0 Å². The first-order valence-electron chi connectivity index (χ1n) is 6.93. The zero-order valence-electron chi connectivity index (χ0n) is 12.7. The van der Waals surface area contributed by atoms with E-state index in [4.69, 9.17) is 10.5 Å². The molecule has 0 heterocycles. The summed E-state index contributed by atoms with van der Waals surface area (Å²) in [6.45, 7) is 7.55. The molecule has 112 valence electrons. The minimum Gasteiger partial charge on any atom is -0.370 e. The molecule has 1 aromatic rings. The molecule has 0 radical (unpaired) electrons. The molecule has 0 spiro atoms. The van der Waals surface area contributed by atoms with Crippen molar-refractivity contribution in [1.29, 1.82) is 0 Å². The first kappa shape index (κ1) is 16.5. The number of nitrogens with two attached hydrogens (primary N) is 1. The van der Waals surface area contributed by atoms with Crippen molar-refractivity contribution in [3.8, 4) is 0 Å². The molecule has 3 N–H and O–H groups in total. The number of benzene rings is 1. The monoisotopic (exact) mass is 279 g/mol. The molecule has 0 fully saturated rings. The van der Waals surface area contributed by atoms with Gasteiger partial charge in [0.25, 0.3) is 5.91 Å². The lowest BCUT2D eigenvalue weighted by molar-refractivity contribution is -0.125. The molecule has 0 aliphatic heterocycles. The lowest BCUT2D eigenvalue weighted by Crippen LogP contribution is -2.35. The van der Waals surface area contributed by atoms with Crippen LogP contribution in [-0.4, -0.2) is 38.3 Å². The average molecular weight is 279 g/mol. The lowest BCUT2D eigenvalue weighted by atomic mass is 10.2. The number of hydrogen-bond acceptors (Lipinski definition) is 4. The highest BCUT2D eigenvalue weighted by Crippen LogP contribution is 2.20. The van der Waals surface area contributed by atoms with Crippen molar-refractivity contribution in [2.24, 2.45) is 5.73 Å². The topological polar surface area (TPSA) is 67.6 Å². The van der Waals surface area contributed by atoms with Gasteiger partial charge in [0.15, 0.2) is 0 Å². The maximum atomic E-state index is 11.8. The largest absolute Gasteiger partial charge is 0.370 e. The summed E-state index contributed by atoms with van der Waals surface area (Å²) >= 11 is 0. The Labute approximate surface area is 121 Å². The van der Waals surface area contributed by atoms with Crippen LogP contribution in [0.1, 0.15) is 20.8 Å². The predicted octanol–water partition coefficient (Wildman–Crippen LogP) is 1.83. The molecule has 5 heteroatoms. The second-order valence-electron chi connectivity index (χ2n) is 4.88. The van der Waals surface area contributed by atoms with Crippen molar-refractivity contribution >= 4 is 17.3 Å². The minimum atomic E-state index is -0.613. The van der Waals surface area contributed by atoms with Gasteiger partial charge in [-0.2, -0.15) is 0 Å². The van der Waals surface area contributed by atoms with Crippen molar-refractivity contribution in [1.82, 2.24) is 0 Å². The molecule has 0 saturated heterocycles. The fourth-order valence-electron chi connectivity index (χ4n) is 2.12. The summed E-state index contributed by atoms with van der Waals surface area (Å²) in [5, 5.41) is 2.79. The quantitative estimate of drug-likeness (QED) is 0.799. The van der Waals surface area contributed by atoms with Gasteiger partial charge < -0.3 is 20.7 Å². The van der Waals surface area contributed by atoms with Gasteiger partial charge in [0.05, 0.1) is 0 Å². The Balaban J connectivity index is 2.74. The van der Waals surface area contributed by atoms with Crippen LogP contribution in [0.4, 0.5) is 11.4 Å². The molecule has 0 bridgehead atoms. The van der Waals surface area contributed by atoms with Gasteiger partial charge >= 0.3 is 0 Å². The van der Waals surface area contributed by atoms with Crippen molar-refractivity contribution in [2.75, 3.05) is 30.4 Å². The van der Waals surface area contributed by atoms with Crippen LogP contribution in [0.3, 0.4) is 0 Å². The van der Waals surface area contributed by atoms with E-state index in [1.807, 2.05) is 24.3 Å². The Hall–Kier alpha value is -1.59. The second-order valence-corrected chi connectivity index (χ2v) is 4.88. The first-order chi connectivity index (χ1) is 9.53. The van der Waals surface area contributed by atoms with E-state index in [1.165, 1.54) is 7.11 Å². The number of carbonyl (C=O) groups is 1. The Morgan fingerprint density at radius 2 is 1.95 bits per heavy atom. The fraction of sp³-hybridized carbons (Fsp3) is 0.533. The third kappa shape index (κ3) is 4.21. The molecule has 0 saturated carbocycles. The van der Waals surface area contributed by atoms with Crippen LogP contribution < -0.4 is 16.0 Å². The van der Waals surface area contributed by atoms with E-state index >= 15 is 0 Å². The van der Waals surface area contributed by atoms with E-state index in [9.17, 15) is 4.79 Å². The van der Waals surface area contributed by atoms with Crippen LogP contribution in [0.25, 0.3) is 0 Å². The molecule has 20 heavy (non-hydrogen) atoms. The maximum absolute atomic E-state index is 11.8. The van der Waals surface area contributed by atoms with E-state index in [2.05, 4.69) is 31.0 Å². The highest BCUT2D eigenvalue weighted by atomic mass is 16.5. The van der Waals surface area contributed by atoms with Crippen molar-refractivity contribution in [3.05, 3.63) is 24.3 Å². The molecule has 5 nitrogen and oxygen atoms in total. The highest BCUT2D eigenvalue weighted by molar-refractivity contribution is 5.94. The first-order valence-corrected chi connectivity index (χ1v) is 6.93. The number of methoxy groups -OCH3 is 1. The molecular formula is C15H25N3O2. The summed E-state index contributed by atoms with van der Waals surface area (Å²) in [4.78, 5) is 14.1. The Kier molecular flexibility index (Phi) is 6.48. The molecule has 0 aliphatic carbocycles. The third-order valence-corrected chi connectivity index (χ3v) is 3.22. The predicted molar refractivity (Wildman–Crippen MR) is 83.1 cm³/mol. The van der Waals surface area contributed by atoms with Gasteiger partial charge in [-0.05, 0) is 45.0 Å². The Morgan fingerprint density at radius 1 is 1.35 bits per heavy atom. The highest BCUT2D eigenvalue weighted by Gasteiger charge is 2.15. The van der Waals surface area contributed by atoms with Gasteiger partial charge in [0, 0.05) is 37.6 Å². The molecule has 1 amide bonds.